The number of nitrogens with one attached hydrogen (secondary N) is 1. The van der Waals surface area contributed by atoms with Crippen LogP contribution in [0.15, 0.2) is 42.7 Å². The molecule has 2 heterocycles. The first-order valence-corrected chi connectivity index (χ1v) is 7.88. The molecule has 1 amide bonds. The molecule has 6 nitrogen and oxygen atoms in total. The van der Waals surface area contributed by atoms with Gasteiger partial charge in [-0.2, -0.15) is 9.61 Å². The molecule has 0 unspecified atom stereocenters. The van der Waals surface area contributed by atoms with Gasteiger partial charge in [0.05, 0.1) is 5.69 Å². The van der Waals surface area contributed by atoms with Crippen LogP contribution in [0.4, 0.5) is 5.69 Å². The van der Waals surface area contributed by atoms with E-state index in [4.69, 9.17) is 0 Å². The van der Waals surface area contributed by atoms with E-state index < -0.39 is 0 Å². The number of hydrogen-bond acceptors (Lipinski definition) is 4. The molecule has 4 rings (SSSR count). The zero-order chi connectivity index (χ0) is 15.6. The summed E-state index contributed by atoms with van der Waals surface area (Å²) < 4.78 is 1.64. The minimum absolute atomic E-state index is 0.138. The molecule has 0 spiro atoms. The third-order valence-electron chi connectivity index (χ3n) is 4.34. The maximum Gasteiger partial charge on any atom is 0.227 e. The average molecular weight is 307 g/mol. The largest absolute Gasteiger partial charge is 0.326 e. The van der Waals surface area contributed by atoms with Gasteiger partial charge in [-0.25, -0.2) is 0 Å². The number of amides is 1. The quantitative estimate of drug-likeness (QED) is 0.807. The molecule has 0 bridgehead atoms. The van der Waals surface area contributed by atoms with Gasteiger partial charge >= 0.3 is 0 Å². The van der Waals surface area contributed by atoms with Gasteiger partial charge in [-0.05, 0) is 37.1 Å². The molecule has 1 aliphatic carbocycles. The van der Waals surface area contributed by atoms with Gasteiger partial charge in [-0.1, -0.05) is 25.0 Å². The lowest BCUT2D eigenvalue weighted by Gasteiger charge is -2.10. The van der Waals surface area contributed by atoms with Gasteiger partial charge in [0.2, 0.25) is 5.91 Å². The van der Waals surface area contributed by atoms with E-state index in [1.54, 1.807) is 10.8 Å². The average Bonchev–Trinajstić information content (AvgIpc) is 3.26. The molecule has 2 aromatic heterocycles. The van der Waals surface area contributed by atoms with Crippen molar-refractivity contribution in [3.63, 3.8) is 0 Å². The van der Waals surface area contributed by atoms with Gasteiger partial charge in [0.15, 0.2) is 5.65 Å². The molecule has 1 saturated carbocycles. The van der Waals surface area contributed by atoms with Crippen LogP contribution in [-0.4, -0.2) is 25.7 Å². The van der Waals surface area contributed by atoms with Crippen molar-refractivity contribution in [1.29, 1.82) is 0 Å². The van der Waals surface area contributed by atoms with Crippen molar-refractivity contribution >= 4 is 17.2 Å². The van der Waals surface area contributed by atoms with E-state index in [0.29, 0.717) is 5.65 Å². The number of aromatic nitrogens is 4. The smallest absolute Gasteiger partial charge is 0.227 e. The Kier molecular flexibility index (Phi) is 3.49. The second-order valence-electron chi connectivity index (χ2n) is 5.90. The fourth-order valence-corrected chi connectivity index (χ4v) is 3.04. The van der Waals surface area contributed by atoms with Crippen molar-refractivity contribution in [3.05, 3.63) is 42.7 Å². The maximum absolute atomic E-state index is 12.1. The fraction of sp³-hybridized carbons (Fsp3) is 0.294. The summed E-state index contributed by atoms with van der Waals surface area (Å²) in [5, 5.41) is 15.2. The first kappa shape index (κ1) is 13.9. The number of rotatable bonds is 3. The highest BCUT2D eigenvalue weighted by Gasteiger charge is 2.22. The zero-order valence-electron chi connectivity index (χ0n) is 12.6. The Labute approximate surface area is 133 Å². The molecule has 1 aliphatic rings. The summed E-state index contributed by atoms with van der Waals surface area (Å²) in [6.07, 6.45) is 5.91. The van der Waals surface area contributed by atoms with E-state index in [1.165, 1.54) is 0 Å². The van der Waals surface area contributed by atoms with Gasteiger partial charge < -0.3 is 5.32 Å². The minimum Gasteiger partial charge on any atom is -0.326 e. The molecule has 116 valence electrons. The van der Waals surface area contributed by atoms with E-state index in [1.807, 2.05) is 36.4 Å². The number of nitrogens with zero attached hydrogens (tertiary/aromatic N) is 4. The van der Waals surface area contributed by atoms with Crippen LogP contribution < -0.4 is 5.32 Å². The van der Waals surface area contributed by atoms with Crippen molar-refractivity contribution in [2.24, 2.45) is 5.92 Å². The summed E-state index contributed by atoms with van der Waals surface area (Å²) in [4.78, 5) is 12.1. The highest BCUT2D eigenvalue weighted by atomic mass is 16.1. The van der Waals surface area contributed by atoms with Crippen LogP contribution in [0.3, 0.4) is 0 Å². The summed E-state index contributed by atoms with van der Waals surface area (Å²) >= 11 is 0. The Balaban J connectivity index is 1.51. The van der Waals surface area contributed by atoms with Crippen molar-refractivity contribution in [2.75, 3.05) is 5.32 Å². The Morgan fingerprint density at radius 1 is 1.09 bits per heavy atom. The number of hydrogen-bond donors (Lipinski definition) is 1. The lowest BCUT2D eigenvalue weighted by atomic mass is 10.1. The molecule has 0 saturated heterocycles. The number of anilines is 1. The molecule has 23 heavy (non-hydrogen) atoms. The first-order valence-electron chi connectivity index (χ1n) is 7.88. The summed E-state index contributed by atoms with van der Waals surface area (Å²) in [6.45, 7) is 0. The highest BCUT2D eigenvalue weighted by Crippen LogP contribution is 2.26. The lowest BCUT2D eigenvalue weighted by Crippen LogP contribution is -2.20. The van der Waals surface area contributed by atoms with Crippen LogP contribution in [0, 0.1) is 5.92 Å². The van der Waals surface area contributed by atoms with Crippen LogP contribution in [0.5, 0.6) is 0 Å². The van der Waals surface area contributed by atoms with E-state index in [9.17, 15) is 4.79 Å². The monoisotopic (exact) mass is 307 g/mol. The minimum atomic E-state index is 0.138. The maximum atomic E-state index is 12.1. The SMILES string of the molecule is O=C(Nc1ccc(-c2ccc3nncn3n2)cc1)C1CCCC1. The summed E-state index contributed by atoms with van der Waals surface area (Å²) in [6, 6.07) is 11.5. The van der Waals surface area contributed by atoms with Gasteiger partial charge in [0.1, 0.15) is 6.33 Å². The summed E-state index contributed by atoms with van der Waals surface area (Å²) in [5.41, 5.74) is 3.37. The van der Waals surface area contributed by atoms with E-state index >= 15 is 0 Å². The van der Waals surface area contributed by atoms with Crippen LogP contribution in [0.25, 0.3) is 16.9 Å². The van der Waals surface area contributed by atoms with Gasteiger partial charge in [-0.3, -0.25) is 4.79 Å². The lowest BCUT2D eigenvalue weighted by molar-refractivity contribution is -0.119. The Bertz CT molecular complexity index is 834. The Hall–Kier alpha value is -2.76. The molecule has 0 radical (unpaired) electrons. The van der Waals surface area contributed by atoms with Crippen molar-refractivity contribution < 1.29 is 4.79 Å². The second-order valence-corrected chi connectivity index (χ2v) is 5.90. The Morgan fingerprint density at radius 3 is 2.65 bits per heavy atom. The summed E-state index contributed by atoms with van der Waals surface area (Å²) in [5.74, 6) is 0.312. The molecule has 1 fully saturated rings. The van der Waals surface area contributed by atoms with Crippen LogP contribution in [-0.2, 0) is 4.79 Å². The van der Waals surface area contributed by atoms with Crippen molar-refractivity contribution in [1.82, 2.24) is 19.8 Å². The van der Waals surface area contributed by atoms with Crippen molar-refractivity contribution in [3.8, 4) is 11.3 Å². The van der Waals surface area contributed by atoms with Gasteiger partial charge in [-0.15, -0.1) is 10.2 Å². The van der Waals surface area contributed by atoms with E-state index in [-0.39, 0.29) is 11.8 Å². The third kappa shape index (κ3) is 2.79. The highest BCUT2D eigenvalue weighted by molar-refractivity contribution is 5.92. The molecular weight excluding hydrogens is 290 g/mol. The van der Waals surface area contributed by atoms with Gasteiger partial charge in [0.25, 0.3) is 0 Å². The topological polar surface area (TPSA) is 72.2 Å². The summed E-state index contributed by atoms with van der Waals surface area (Å²) in [7, 11) is 0. The van der Waals surface area contributed by atoms with E-state index in [2.05, 4.69) is 20.6 Å². The predicted molar refractivity (Wildman–Crippen MR) is 86.8 cm³/mol. The standard InChI is InChI=1S/C17H17N5O/c23-17(13-3-1-2-4-13)19-14-7-5-12(6-8-14)15-9-10-16-20-18-11-22(16)21-15/h5-11,13H,1-4H2,(H,19,23). The molecule has 6 heteroatoms. The molecule has 1 aromatic carbocycles. The van der Waals surface area contributed by atoms with Crippen LogP contribution >= 0.6 is 0 Å². The number of carbonyl (C=O) groups is 1. The molecular formula is C17H17N5O. The molecule has 3 aromatic rings. The number of carbonyl (C=O) groups excluding carboxylic acids is 1. The Morgan fingerprint density at radius 2 is 1.87 bits per heavy atom. The van der Waals surface area contributed by atoms with Crippen LogP contribution in [0.2, 0.25) is 0 Å². The molecule has 0 atom stereocenters. The second kappa shape index (κ2) is 5.79. The van der Waals surface area contributed by atoms with Gasteiger partial charge in [0, 0.05) is 17.2 Å². The number of benzene rings is 1. The predicted octanol–water partition coefficient (Wildman–Crippen LogP) is 2.92. The first-order chi connectivity index (χ1) is 11.3. The molecule has 0 aliphatic heterocycles. The third-order valence-corrected chi connectivity index (χ3v) is 4.34. The fourth-order valence-electron chi connectivity index (χ4n) is 3.04. The normalized spacial score (nSPS) is 15.1. The number of fused-ring (bicyclic) bond motifs is 1. The van der Waals surface area contributed by atoms with E-state index in [0.717, 1.165) is 42.6 Å². The molecule has 1 N–H and O–H groups in total. The van der Waals surface area contributed by atoms with Crippen LogP contribution in [0.1, 0.15) is 25.7 Å². The van der Waals surface area contributed by atoms with Crippen molar-refractivity contribution in [2.45, 2.75) is 25.7 Å². The zero-order valence-corrected chi connectivity index (χ0v) is 12.6.